The molecule has 1 fully saturated rings. The highest BCUT2D eigenvalue weighted by molar-refractivity contribution is 6.42. The number of halogens is 2. The van der Waals surface area contributed by atoms with E-state index in [2.05, 4.69) is 9.55 Å². The number of imidazole rings is 1. The van der Waals surface area contributed by atoms with E-state index in [1.165, 1.54) is 19.3 Å². The molecule has 0 atom stereocenters. The minimum Gasteiger partial charge on any atom is -0.395 e. The molecule has 5 heteroatoms. The van der Waals surface area contributed by atoms with Gasteiger partial charge in [0, 0.05) is 12.5 Å². The molecule has 1 heterocycles. The number of aliphatic hydroxyl groups excluding tert-OH is 1. The largest absolute Gasteiger partial charge is 0.395 e. The van der Waals surface area contributed by atoms with Crippen molar-refractivity contribution >= 4 is 34.2 Å². The summed E-state index contributed by atoms with van der Waals surface area (Å²) in [7, 11) is 0. The maximum atomic E-state index is 9.21. The number of rotatable bonds is 3. The second-order valence-electron chi connectivity index (χ2n) is 4.73. The van der Waals surface area contributed by atoms with E-state index < -0.39 is 0 Å². The van der Waals surface area contributed by atoms with E-state index in [9.17, 15) is 5.11 Å². The van der Waals surface area contributed by atoms with Crippen molar-refractivity contribution in [1.82, 2.24) is 9.55 Å². The second kappa shape index (κ2) is 4.72. The van der Waals surface area contributed by atoms with Crippen molar-refractivity contribution in [3.63, 3.8) is 0 Å². The number of nitrogens with zero attached hydrogens (tertiary/aromatic N) is 2. The average Bonchev–Trinajstić information content (AvgIpc) is 2.57. The topological polar surface area (TPSA) is 38.0 Å². The summed E-state index contributed by atoms with van der Waals surface area (Å²) in [5.74, 6) is 1.57. The van der Waals surface area contributed by atoms with Crippen LogP contribution >= 0.6 is 23.2 Å². The lowest BCUT2D eigenvalue weighted by Gasteiger charge is -2.25. The zero-order valence-electron chi connectivity index (χ0n) is 9.87. The molecular weight excluding hydrogens is 271 g/mol. The maximum Gasteiger partial charge on any atom is 0.113 e. The lowest BCUT2D eigenvalue weighted by atomic mass is 9.85. The first kappa shape index (κ1) is 12.3. The molecule has 2 aromatic rings. The molecule has 1 N–H and O–H groups in total. The first-order valence-corrected chi connectivity index (χ1v) is 6.92. The van der Waals surface area contributed by atoms with Crippen LogP contribution < -0.4 is 0 Å². The SMILES string of the molecule is OCCn1c(C2CCC2)nc2cc(Cl)c(Cl)cc21. The number of fused-ring (bicyclic) bond motifs is 1. The molecule has 0 radical (unpaired) electrons. The van der Waals surface area contributed by atoms with E-state index in [0.29, 0.717) is 22.5 Å². The third-order valence-electron chi connectivity index (χ3n) is 3.61. The molecule has 1 aliphatic carbocycles. The monoisotopic (exact) mass is 284 g/mol. The highest BCUT2D eigenvalue weighted by Crippen LogP contribution is 2.38. The fraction of sp³-hybridized carbons (Fsp3) is 0.462. The van der Waals surface area contributed by atoms with Gasteiger partial charge in [0.15, 0.2) is 0 Å². The van der Waals surface area contributed by atoms with Crippen molar-refractivity contribution < 1.29 is 5.11 Å². The maximum absolute atomic E-state index is 9.21. The van der Waals surface area contributed by atoms with Gasteiger partial charge in [-0.3, -0.25) is 0 Å². The Bertz CT molecular complexity index is 590. The van der Waals surface area contributed by atoms with Crippen molar-refractivity contribution in [2.24, 2.45) is 0 Å². The van der Waals surface area contributed by atoms with Crippen LogP contribution in [0.1, 0.15) is 31.0 Å². The number of hydrogen-bond acceptors (Lipinski definition) is 2. The summed E-state index contributed by atoms with van der Waals surface area (Å²) >= 11 is 12.1. The van der Waals surface area contributed by atoms with Crippen LogP contribution in [-0.4, -0.2) is 21.3 Å². The second-order valence-corrected chi connectivity index (χ2v) is 5.54. The van der Waals surface area contributed by atoms with Gasteiger partial charge in [-0.15, -0.1) is 0 Å². The number of aliphatic hydroxyl groups is 1. The molecule has 1 aromatic carbocycles. The van der Waals surface area contributed by atoms with Crippen molar-refractivity contribution in [2.75, 3.05) is 6.61 Å². The molecule has 1 aliphatic rings. The Balaban J connectivity index is 2.18. The van der Waals surface area contributed by atoms with E-state index in [1.54, 1.807) is 6.07 Å². The van der Waals surface area contributed by atoms with Crippen molar-refractivity contribution in [1.29, 1.82) is 0 Å². The van der Waals surface area contributed by atoms with Gasteiger partial charge < -0.3 is 9.67 Å². The standard InChI is InChI=1S/C13H14Cl2N2O/c14-9-6-11-12(7-10(9)15)17(4-5-18)13(16-11)8-2-1-3-8/h6-8,18H,1-5H2. The van der Waals surface area contributed by atoms with Gasteiger partial charge in [0.05, 0.1) is 27.7 Å². The zero-order valence-corrected chi connectivity index (χ0v) is 11.4. The smallest absolute Gasteiger partial charge is 0.113 e. The van der Waals surface area contributed by atoms with Crippen molar-refractivity contribution in [3.8, 4) is 0 Å². The number of hydrogen-bond donors (Lipinski definition) is 1. The average molecular weight is 285 g/mol. The summed E-state index contributed by atoms with van der Waals surface area (Å²) in [6.07, 6.45) is 3.61. The first-order chi connectivity index (χ1) is 8.70. The van der Waals surface area contributed by atoms with E-state index >= 15 is 0 Å². The fourth-order valence-electron chi connectivity index (χ4n) is 2.45. The van der Waals surface area contributed by atoms with Crippen LogP contribution in [0.2, 0.25) is 10.0 Å². The van der Waals surface area contributed by atoms with Crippen LogP contribution in [0.25, 0.3) is 11.0 Å². The Morgan fingerprint density at radius 3 is 2.61 bits per heavy atom. The molecule has 0 saturated heterocycles. The molecular formula is C13H14Cl2N2O. The molecule has 0 unspecified atom stereocenters. The van der Waals surface area contributed by atoms with Crippen LogP contribution in [-0.2, 0) is 6.54 Å². The molecule has 3 nitrogen and oxygen atoms in total. The Morgan fingerprint density at radius 2 is 2.00 bits per heavy atom. The third kappa shape index (κ3) is 1.91. The van der Waals surface area contributed by atoms with Gasteiger partial charge in [-0.05, 0) is 25.0 Å². The van der Waals surface area contributed by atoms with Crippen LogP contribution in [0.4, 0.5) is 0 Å². The van der Waals surface area contributed by atoms with Crippen LogP contribution in [0.15, 0.2) is 12.1 Å². The van der Waals surface area contributed by atoms with Gasteiger partial charge in [-0.1, -0.05) is 29.6 Å². The summed E-state index contributed by atoms with van der Waals surface area (Å²) < 4.78 is 2.07. The van der Waals surface area contributed by atoms with E-state index in [1.807, 2.05) is 6.07 Å². The van der Waals surface area contributed by atoms with Crippen molar-refractivity contribution in [3.05, 3.63) is 28.0 Å². The first-order valence-electron chi connectivity index (χ1n) is 6.16. The normalized spacial score (nSPS) is 16.2. The molecule has 96 valence electrons. The van der Waals surface area contributed by atoms with Gasteiger partial charge >= 0.3 is 0 Å². The number of aromatic nitrogens is 2. The highest BCUT2D eigenvalue weighted by atomic mass is 35.5. The molecule has 1 saturated carbocycles. The third-order valence-corrected chi connectivity index (χ3v) is 4.34. The minimum atomic E-state index is 0.103. The van der Waals surface area contributed by atoms with Crippen molar-refractivity contribution in [2.45, 2.75) is 31.7 Å². The molecule has 18 heavy (non-hydrogen) atoms. The number of benzene rings is 1. The predicted octanol–water partition coefficient (Wildman–Crippen LogP) is 3.60. The van der Waals surface area contributed by atoms with Crippen LogP contribution in [0.3, 0.4) is 0 Å². The summed E-state index contributed by atoms with van der Waals surface area (Å²) in [5.41, 5.74) is 1.82. The summed E-state index contributed by atoms with van der Waals surface area (Å²) in [4.78, 5) is 4.66. The van der Waals surface area contributed by atoms with E-state index in [0.717, 1.165) is 16.9 Å². The molecule has 0 aliphatic heterocycles. The zero-order chi connectivity index (χ0) is 12.7. The van der Waals surface area contributed by atoms with Gasteiger partial charge in [-0.2, -0.15) is 0 Å². The summed E-state index contributed by atoms with van der Waals surface area (Å²) in [6, 6.07) is 3.64. The molecule has 0 bridgehead atoms. The molecule has 0 spiro atoms. The van der Waals surface area contributed by atoms with Gasteiger partial charge in [0.2, 0.25) is 0 Å². The summed E-state index contributed by atoms with van der Waals surface area (Å²) in [6.45, 7) is 0.658. The van der Waals surface area contributed by atoms with Gasteiger partial charge in [-0.25, -0.2) is 4.98 Å². The lowest BCUT2D eigenvalue weighted by molar-refractivity contribution is 0.271. The molecule has 3 rings (SSSR count). The molecule has 0 amide bonds. The lowest BCUT2D eigenvalue weighted by Crippen LogP contribution is -2.16. The Kier molecular flexibility index (Phi) is 3.22. The van der Waals surface area contributed by atoms with E-state index in [-0.39, 0.29) is 6.61 Å². The van der Waals surface area contributed by atoms with Gasteiger partial charge in [0.1, 0.15) is 5.82 Å². The van der Waals surface area contributed by atoms with E-state index in [4.69, 9.17) is 23.2 Å². The fourth-order valence-corrected chi connectivity index (χ4v) is 2.77. The summed E-state index contributed by atoms with van der Waals surface area (Å²) in [5, 5.41) is 10.3. The Hall–Kier alpha value is -0.770. The predicted molar refractivity (Wildman–Crippen MR) is 73.4 cm³/mol. The molecule has 1 aromatic heterocycles. The minimum absolute atomic E-state index is 0.103. The Labute approximate surface area is 115 Å². The quantitative estimate of drug-likeness (QED) is 0.935. The van der Waals surface area contributed by atoms with Gasteiger partial charge in [0.25, 0.3) is 0 Å². The van der Waals surface area contributed by atoms with Crippen LogP contribution in [0.5, 0.6) is 0 Å². The highest BCUT2D eigenvalue weighted by Gasteiger charge is 2.25. The Morgan fingerprint density at radius 1 is 1.28 bits per heavy atom. The van der Waals surface area contributed by atoms with Crippen LogP contribution in [0, 0.1) is 0 Å².